The Hall–Kier alpha value is -0.920. The van der Waals surface area contributed by atoms with Crippen LogP contribution < -0.4 is 4.74 Å². The Bertz CT molecular complexity index is 474. The fourth-order valence-corrected chi connectivity index (χ4v) is 3.07. The second-order valence-corrected chi connectivity index (χ2v) is 6.15. The summed E-state index contributed by atoms with van der Waals surface area (Å²) in [5.41, 5.74) is -3.51. The Labute approximate surface area is 126 Å². The zero-order valence-electron chi connectivity index (χ0n) is 11.7. The molecule has 1 fully saturated rings. The molecule has 118 valence electrons. The summed E-state index contributed by atoms with van der Waals surface area (Å²) in [5.74, 6) is 0.232. The van der Waals surface area contributed by atoms with Crippen molar-refractivity contribution in [3.8, 4) is 5.75 Å². The number of ether oxygens (including phenoxy) is 1. The number of piperidine rings is 1. The van der Waals surface area contributed by atoms with E-state index in [0.717, 1.165) is 18.7 Å². The summed E-state index contributed by atoms with van der Waals surface area (Å²) in [6.07, 6.45) is 1.16. The number of nitrogens with zero attached hydrogens (tertiary/aromatic N) is 1. The molecule has 0 aliphatic carbocycles. The fourth-order valence-electron chi connectivity index (χ4n) is 2.36. The molecule has 3 nitrogen and oxygen atoms in total. The average Bonchev–Trinajstić information content (AvgIpc) is 2.40. The lowest BCUT2D eigenvalue weighted by molar-refractivity contribution is -0.0328. The lowest BCUT2D eigenvalue weighted by Gasteiger charge is -2.29. The molecule has 0 atom stereocenters. The van der Waals surface area contributed by atoms with Gasteiger partial charge in [0.25, 0.3) is 0 Å². The molecular weight excluding hydrogens is 303 g/mol. The number of aliphatic hydroxyl groups is 1. The molecule has 7 heteroatoms. The van der Waals surface area contributed by atoms with Crippen molar-refractivity contribution in [2.45, 2.75) is 35.9 Å². The second-order valence-electron chi connectivity index (χ2n) is 5.04. The first-order valence-electron chi connectivity index (χ1n) is 6.70. The second kappa shape index (κ2) is 6.89. The molecule has 1 heterocycles. The molecule has 0 radical (unpaired) electrons. The van der Waals surface area contributed by atoms with Gasteiger partial charge in [-0.15, -0.1) is 0 Å². The lowest BCUT2D eigenvalue weighted by Crippen LogP contribution is -2.35. The first-order chi connectivity index (χ1) is 9.87. The number of halogens is 3. The minimum Gasteiger partial charge on any atom is -0.496 e. The van der Waals surface area contributed by atoms with Crippen LogP contribution in [0, 0.1) is 0 Å². The molecular formula is C14H18F3NO2S. The number of alkyl halides is 3. The zero-order chi connectivity index (χ0) is 15.5. The number of benzene rings is 1. The van der Waals surface area contributed by atoms with E-state index in [1.54, 1.807) is 12.1 Å². The van der Waals surface area contributed by atoms with Crippen molar-refractivity contribution >= 4 is 11.8 Å². The molecule has 0 aromatic heterocycles. The maximum Gasteiger partial charge on any atom is 0.446 e. The number of methoxy groups -OCH3 is 1. The molecule has 21 heavy (non-hydrogen) atoms. The number of likely N-dealkylation sites (tertiary alicyclic amines) is 1. The van der Waals surface area contributed by atoms with Crippen molar-refractivity contribution in [3.05, 3.63) is 23.8 Å². The van der Waals surface area contributed by atoms with E-state index in [1.807, 2.05) is 0 Å². The fraction of sp³-hybridized carbons (Fsp3) is 0.571. The summed E-state index contributed by atoms with van der Waals surface area (Å²) in [7, 11) is 1.36. The first-order valence-corrected chi connectivity index (χ1v) is 7.52. The highest BCUT2D eigenvalue weighted by molar-refractivity contribution is 8.00. The van der Waals surface area contributed by atoms with Gasteiger partial charge < -0.3 is 9.84 Å². The van der Waals surface area contributed by atoms with Crippen LogP contribution in [0.25, 0.3) is 0 Å². The van der Waals surface area contributed by atoms with Crippen molar-refractivity contribution in [1.29, 1.82) is 0 Å². The Morgan fingerprint density at radius 1 is 1.33 bits per heavy atom. The van der Waals surface area contributed by atoms with Crippen LogP contribution in [0.1, 0.15) is 18.4 Å². The molecule has 0 unspecified atom stereocenters. The summed E-state index contributed by atoms with van der Waals surface area (Å²) < 4.78 is 42.7. The molecule has 0 amide bonds. The molecule has 1 saturated heterocycles. The Kier molecular flexibility index (Phi) is 5.40. The van der Waals surface area contributed by atoms with Gasteiger partial charge >= 0.3 is 5.51 Å². The molecule has 1 aliphatic heterocycles. The highest BCUT2D eigenvalue weighted by Crippen LogP contribution is 2.41. The summed E-state index contributed by atoms with van der Waals surface area (Å²) in [6, 6.07) is 4.88. The van der Waals surface area contributed by atoms with Gasteiger partial charge in [-0.3, -0.25) is 4.90 Å². The van der Waals surface area contributed by atoms with E-state index in [1.165, 1.54) is 13.2 Å². The van der Waals surface area contributed by atoms with E-state index >= 15 is 0 Å². The number of aliphatic hydroxyl groups excluding tert-OH is 1. The Balaban J connectivity index is 2.08. The van der Waals surface area contributed by atoms with Gasteiger partial charge in [0.1, 0.15) is 5.75 Å². The molecule has 1 aromatic rings. The quantitative estimate of drug-likeness (QED) is 0.863. The number of thioether (sulfide) groups is 1. The Morgan fingerprint density at radius 3 is 2.57 bits per heavy atom. The van der Waals surface area contributed by atoms with E-state index in [0.29, 0.717) is 19.4 Å². The third kappa shape index (κ3) is 5.09. The van der Waals surface area contributed by atoms with Crippen molar-refractivity contribution in [2.75, 3.05) is 20.2 Å². The van der Waals surface area contributed by atoms with E-state index in [2.05, 4.69) is 4.90 Å². The minimum absolute atomic E-state index is 0.0829. The summed E-state index contributed by atoms with van der Waals surface area (Å²) in [4.78, 5) is 2.22. The zero-order valence-corrected chi connectivity index (χ0v) is 12.5. The van der Waals surface area contributed by atoms with Crippen molar-refractivity contribution in [2.24, 2.45) is 0 Å². The summed E-state index contributed by atoms with van der Waals surface area (Å²) >= 11 is -0.155. The van der Waals surface area contributed by atoms with E-state index < -0.39 is 5.51 Å². The topological polar surface area (TPSA) is 32.7 Å². The molecule has 0 saturated carbocycles. The normalized spacial score (nSPS) is 18.0. The predicted molar refractivity (Wildman–Crippen MR) is 75.4 cm³/mol. The molecule has 1 aromatic carbocycles. The lowest BCUT2D eigenvalue weighted by atomic mass is 10.1. The van der Waals surface area contributed by atoms with Gasteiger partial charge in [0.05, 0.1) is 18.1 Å². The van der Waals surface area contributed by atoms with Crippen LogP contribution in [-0.2, 0) is 6.54 Å². The smallest absolute Gasteiger partial charge is 0.446 e. The number of hydrogen-bond donors (Lipinski definition) is 1. The number of hydrogen-bond acceptors (Lipinski definition) is 4. The van der Waals surface area contributed by atoms with Crippen molar-refractivity contribution in [1.82, 2.24) is 4.90 Å². The van der Waals surface area contributed by atoms with Crippen LogP contribution in [0.3, 0.4) is 0 Å². The van der Waals surface area contributed by atoms with E-state index in [9.17, 15) is 18.3 Å². The van der Waals surface area contributed by atoms with Crippen LogP contribution in [0.4, 0.5) is 13.2 Å². The van der Waals surface area contributed by atoms with Gasteiger partial charge in [-0.1, -0.05) is 6.07 Å². The van der Waals surface area contributed by atoms with Gasteiger partial charge in [-0.05, 0) is 42.3 Å². The van der Waals surface area contributed by atoms with Crippen LogP contribution in [0.5, 0.6) is 5.75 Å². The van der Waals surface area contributed by atoms with Gasteiger partial charge in [-0.2, -0.15) is 13.2 Å². The van der Waals surface area contributed by atoms with Crippen LogP contribution >= 0.6 is 11.8 Å². The molecule has 0 spiro atoms. The third-order valence-electron chi connectivity index (χ3n) is 3.42. The molecule has 0 bridgehead atoms. The number of rotatable bonds is 4. The highest BCUT2D eigenvalue weighted by atomic mass is 32.2. The van der Waals surface area contributed by atoms with E-state index in [-0.39, 0.29) is 28.5 Å². The summed E-state index contributed by atoms with van der Waals surface area (Å²) in [5, 5.41) is 9.46. The SMILES string of the molecule is COc1ccc(CN2CCC(O)CC2)cc1SC(F)(F)F. The van der Waals surface area contributed by atoms with Crippen LogP contribution in [0.2, 0.25) is 0 Å². The molecule has 1 aliphatic rings. The first kappa shape index (κ1) is 16.5. The van der Waals surface area contributed by atoms with Gasteiger partial charge in [0.2, 0.25) is 0 Å². The van der Waals surface area contributed by atoms with Crippen LogP contribution in [-0.4, -0.2) is 41.8 Å². The average molecular weight is 321 g/mol. The maximum absolute atomic E-state index is 12.6. The van der Waals surface area contributed by atoms with Crippen molar-refractivity contribution < 1.29 is 23.0 Å². The summed E-state index contributed by atoms with van der Waals surface area (Å²) in [6.45, 7) is 2.10. The van der Waals surface area contributed by atoms with Crippen molar-refractivity contribution in [3.63, 3.8) is 0 Å². The van der Waals surface area contributed by atoms with Gasteiger partial charge in [-0.25, -0.2) is 0 Å². The van der Waals surface area contributed by atoms with E-state index in [4.69, 9.17) is 4.74 Å². The monoisotopic (exact) mass is 321 g/mol. The van der Waals surface area contributed by atoms with Gasteiger partial charge in [0, 0.05) is 19.6 Å². The predicted octanol–water partition coefficient (Wildman–Crippen LogP) is 3.26. The van der Waals surface area contributed by atoms with Crippen LogP contribution in [0.15, 0.2) is 23.1 Å². The highest BCUT2D eigenvalue weighted by Gasteiger charge is 2.31. The third-order valence-corrected chi connectivity index (χ3v) is 4.19. The van der Waals surface area contributed by atoms with Gasteiger partial charge in [0.15, 0.2) is 0 Å². The Morgan fingerprint density at radius 2 is 2.00 bits per heavy atom. The molecule has 1 N–H and O–H groups in total. The largest absolute Gasteiger partial charge is 0.496 e. The maximum atomic E-state index is 12.6. The standard InChI is InChI=1S/C14H18F3NO2S/c1-20-12-3-2-10(8-13(12)21-14(15,16)17)9-18-6-4-11(19)5-7-18/h2-3,8,11,19H,4-7,9H2,1H3. The minimum atomic E-state index is -4.33. The molecule has 2 rings (SSSR count).